The highest BCUT2D eigenvalue weighted by Gasteiger charge is 2.45. The smallest absolute Gasteiger partial charge is 0.320 e. The maximum atomic E-state index is 11.2. The van der Waals surface area contributed by atoms with Crippen molar-refractivity contribution in [2.75, 3.05) is 0 Å². The van der Waals surface area contributed by atoms with Gasteiger partial charge in [-0.25, -0.2) is 4.79 Å². The summed E-state index contributed by atoms with van der Waals surface area (Å²) >= 11 is 0. The highest BCUT2D eigenvalue weighted by Crippen LogP contribution is 2.25. The van der Waals surface area contributed by atoms with Crippen molar-refractivity contribution in [1.29, 1.82) is 0 Å². The fraction of sp³-hybridized carbons (Fsp3) is 0.429. The third-order valence-corrected chi connectivity index (χ3v) is 2.08. The second-order valence-electron chi connectivity index (χ2n) is 2.82. The molecule has 58 valence electrons. The van der Waals surface area contributed by atoms with Crippen LogP contribution in [0.25, 0.3) is 0 Å². The van der Waals surface area contributed by atoms with Gasteiger partial charge in [-0.15, -0.1) is 0 Å². The van der Waals surface area contributed by atoms with Crippen molar-refractivity contribution in [1.82, 2.24) is 10.6 Å². The molecule has 1 aliphatic carbocycles. The second-order valence-corrected chi connectivity index (χ2v) is 2.82. The fourth-order valence-corrected chi connectivity index (χ4v) is 1.48. The minimum absolute atomic E-state index is 0.226. The SMILES string of the molecule is O=C1NC(=O)C2(C=CCC2)N1. The number of allylic oxidation sites excluding steroid dienone is 1. The summed E-state index contributed by atoms with van der Waals surface area (Å²) in [4.78, 5) is 21.9. The van der Waals surface area contributed by atoms with Crippen molar-refractivity contribution >= 4 is 11.9 Å². The van der Waals surface area contributed by atoms with Crippen LogP contribution in [0.15, 0.2) is 12.2 Å². The van der Waals surface area contributed by atoms with E-state index < -0.39 is 5.54 Å². The van der Waals surface area contributed by atoms with Gasteiger partial charge in [0.15, 0.2) is 0 Å². The van der Waals surface area contributed by atoms with Gasteiger partial charge in [0.1, 0.15) is 5.54 Å². The molecule has 0 aromatic carbocycles. The van der Waals surface area contributed by atoms with Crippen molar-refractivity contribution in [3.63, 3.8) is 0 Å². The number of amides is 3. The number of hydrogen-bond acceptors (Lipinski definition) is 2. The Kier molecular flexibility index (Phi) is 1.07. The topological polar surface area (TPSA) is 58.2 Å². The Labute approximate surface area is 63.7 Å². The molecule has 0 bridgehead atoms. The lowest BCUT2D eigenvalue weighted by atomic mass is 10.0. The molecule has 11 heavy (non-hydrogen) atoms. The number of imide groups is 1. The van der Waals surface area contributed by atoms with E-state index in [1.807, 2.05) is 6.08 Å². The summed E-state index contributed by atoms with van der Waals surface area (Å²) in [6.07, 6.45) is 5.21. The number of nitrogens with one attached hydrogen (secondary N) is 2. The summed E-state index contributed by atoms with van der Waals surface area (Å²) < 4.78 is 0. The monoisotopic (exact) mass is 152 g/mol. The first-order valence-electron chi connectivity index (χ1n) is 3.54. The van der Waals surface area contributed by atoms with Gasteiger partial charge < -0.3 is 5.32 Å². The first-order chi connectivity index (χ1) is 5.23. The van der Waals surface area contributed by atoms with Crippen molar-refractivity contribution in [3.8, 4) is 0 Å². The summed E-state index contributed by atoms with van der Waals surface area (Å²) in [6, 6.07) is -0.387. The molecular weight excluding hydrogens is 144 g/mol. The molecule has 4 heteroatoms. The van der Waals surface area contributed by atoms with E-state index in [-0.39, 0.29) is 11.9 Å². The second kappa shape index (κ2) is 1.84. The maximum Gasteiger partial charge on any atom is 0.322 e. The Morgan fingerprint density at radius 3 is 2.73 bits per heavy atom. The van der Waals surface area contributed by atoms with Gasteiger partial charge in [0.2, 0.25) is 0 Å². The highest BCUT2D eigenvalue weighted by atomic mass is 16.2. The zero-order valence-corrected chi connectivity index (χ0v) is 5.89. The predicted octanol–water partition coefficient (Wildman–Crippen LogP) is -0.0854. The zero-order chi connectivity index (χ0) is 7.90. The van der Waals surface area contributed by atoms with E-state index in [0.29, 0.717) is 6.42 Å². The first kappa shape index (κ1) is 6.39. The molecular formula is C7H8N2O2. The van der Waals surface area contributed by atoms with Gasteiger partial charge in [-0.1, -0.05) is 12.2 Å². The largest absolute Gasteiger partial charge is 0.322 e. The summed E-state index contributed by atoms with van der Waals surface area (Å²) in [7, 11) is 0. The van der Waals surface area contributed by atoms with Crippen molar-refractivity contribution in [2.45, 2.75) is 18.4 Å². The lowest BCUT2D eigenvalue weighted by Crippen LogP contribution is -2.42. The van der Waals surface area contributed by atoms with E-state index in [2.05, 4.69) is 10.6 Å². The lowest BCUT2D eigenvalue weighted by Gasteiger charge is -2.15. The van der Waals surface area contributed by atoms with Crippen LogP contribution in [0.1, 0.15) is 12.8 Å². The molecule has 1 aliphatic heterocycles. The summed E-state index contributed by atoms with van der Waals surface area (Å²) in [5.41, 5.74) is -0.711. The molecule has 2 N–H and O–H groups in total. The van der Waals surface area contributed by atoms with Gasteiger partial charge in [-0.2, -0.15) is 0 Å². The van der Waals surface area contributed by atoms with Crippen LogP contribution >= 0.6 is 0 Å². The van der Waals surface area contributed by atoms with Gasteiger partial charge in [0.25, 0.3) is 5.91 Å². The highest BCUT2D eigenvalue weighted by molar-refractivity contribution is 6.08. The average Bonchev–Trinajstić information content (AvgIpc) is 2.45. The summed E-state index contributed by atoms with van der Waals surface area (Å²) in [5, 5.41) is 4.80. The van der Waals surface area contributed by atoms with Gasteiger partial charge >= 0.3 is 6.03 Å². The molecule has 0 saturated carbocycles. The van der Waals surface area contributed by atoms with Crippen LogP contribution in [-0.2, 0) is 4.79 Å². The van der Waals surface area contributed by atoms with Crippen LogP contribution in [-0.4, -0.2) is 17.5 Å². The van der Waals surface area contributed by atoms with Crippen molar-refractivity contribution < 1.29 is 9.59 Å². The molecule has 2 rings (SSSR count). The molecule has 1 heterocycles. The first-order valence-corrected chi connectivity index (χ1v) is 3.54. The van der Waals surface area contributed by atoms with E-state index in [0.717, 1.165) is 6.42 Å². The van der Waals surface area contributed by atoms with Crippen molar-refractivity contribution in [3.05, 3.63) is 12.2 Å². The van der Waals surface area contributed by atoms with E-state index in [1.165, 1.54) is 0 Å². The molecule has 1 fully saturated rings. The number of urea groups is 1. The minimum Gasteiger partial charge on any atom is -0.320 e. The van der Waals surface area contributed by atoms with Crippen LogP contribution in [0.2, 0.25) is 0 Å². The van der Waals surface area contributed by atoms with Gasteiger partial charge in [0, 0.05) is 0 Å². The minimum atomic E-state index is -0.711. The summed E-state index contributed by atoms with van der Waals surface area (Å²) in [5.74, 6) is -0.226. The van der Waals surface area contributed by atoms with E-state index >= 15 is 0 Å². The fourth-order valence-electron chi connectivity index (χ4n) is 1.48. The van der Waals surface area contributed by atoms with Crippen LogP contribution in [0.4, 0.5) is 4.79 Å². The molecule has 1 saturated heterocycles. The Morgan fingerprint density at radius 2 is 2.27 bits per heavy atom. The standard InChI is InChI=1S/C7H8N2O2/c10-5-7(3-1-2-4-7)9-6(11)8-5/h1,3H,2,4H2,(H2,8,9,10,11). The van der Waals surface area contributed by atoms with Crippen LogP contribution < -0.4 is 10.6 Å². The Hall–Kier alpha value is -1.32. The van der Waals surface area contributed by atoms with E-state index in [4.69, 9.17) is 0 Å². The Bertz CT molecular complexity index is 259. The van der Waals surface area contributed by atoms with Crippen LogP contribution in [0, 0.1) is 0 Å². The van der Waals surface area contributed by atoms with Crippen LogP contribution in [0.3, 0.4) is 0 Å². The molecule has 1 unspecified atom stereocenters. The lowest BCUT2D eigenvalue weighted by molar-refractivity contribution is -0.122. The zero-order valence-electron chi connectivity index (χ0n) is 5.89. The number of hydrogen-bond donors (Lipinski definition) is 2. The number of rotatable bonds is 0. The summed E-state index contributed by atoms with van der Waals surface area (Å²) in [6.45, 7) is 0. The van der Waals surface area contributed by atoms with Gasteiger partial charge in [-0.05, 0) is 12.8 Å². The average molecular weight is 152 g/mol. The molecule has 3 amide bonds. The van der Waals surface area contributed by atoms with Crippen molar-refractivity contribution in [2.24, 2.45) is 0 Å². The molecule has 0 aromatic rings. The van der Waals surface area contributed by atoms with Gasteiger partial charge in [-0.3, -0.25) is 10.1 Å². The Balaban J connectivity index is 2.32. The predicted molar refractivity (Wildman–Crippen MR) is 37.8 cm³/mol. The van der Waals surface area contributed by atoms with Gasteiger partial charge in [0.05, 0.1) is 0 Å². The number of carbonyl (C=O) groups is 2. The third-order valence-electron chi connectivity index (χ3n) is 2.08. The molecule has 0 aromatic heterocycles. The molecule has 4 nitrogen and oxygen atoms in total. The maximum absolute atomic E-state index is 11.2. The normalized spacial score (nSPS) is 34.5. The number of carbonyl (C=O) groups excluding carboxylic acids is 2. The molecule has 0 radical (unpaired) electrons. The molecule has 1 atom stereocenters. The van der Waals surface area contributed by atoms with Crippen LogP contribution in [0.5, 0.6) is 0 Å². The van der Waals surface area contributed by atoms with E-state index in [1.54, 1.807) is 6.08 Å². The molecule has 1 spiro atoms. The van der Waals surface area contributed by atoms with E-state index in [9.17, 15) is 9.59 Å². The quantitative estimate of drug-likeness (QED) is 0.376. The Morgan fingerprint density at radius 1 is 1.45 bits per heavy atom. The third kappa shape index (κ3) is 0.753. The molecule has 2 aliphatic rings.